The number of anilines is 1. The predicted octanol–water partition coefficient (Wildman–Crippen LogP) is 3.84. The zero-order valence-corrected chi connectivity index (χ0v) is 15.2. The van der Waals surface area contributed by atoms with E-state index < -0.39 is 11.8 Å². The second kappa shape index (κ2) is 7.19. The molecule has 0 bridgehead atoms. The fourth-order valence-corrected chi connectivity index (χ4v) is 2.67. The summed E-state index contributed by atoms with van der Waals surface area (Å²) in [7, 11) is 0. The second-order valence-electron chi connectivity index (χ2n) is 5.59. The molecule has 3 rings (SSSR count). The Morgan fingerprint density at radius 1 is 1.08 bits per heavy atom. The Kier molecular flexibility index (Phi) is 4.97. The zero-order valence-electron chi connectivity index (χ0n) is 13.7. The molecule has 26 heavy (non-hydrogen) atoms. The lowest BCUT2D eigenvalue weighted by Crippen LogP contribution is -2.16. The van der Waals surface area contributed by atoms with Gasteiger partial charge in [0.1, 0.15) is 0 Å². The molecule has 0 aliphatic heterocycles. The van der Waals surface area contributed by atoms with Crippen molar-refractivity contribution in [2.24, 2.45) is 5.73 Å². The molecule has 2 amide bonds. The Labute approximate surface area is 159 Å². The van der Waals surface area contributed by atoms with Crippen LogP contribution in [0, 0.1) is 6.92 Å². The topological polar surface area (TPSA) is 90.0 Å². The van der Waals surface area contributed by atoms with Crippen LogP contribution in [0.5, 0.6) is 0 Å². The fraction of sp³-hybridized carbons (Fsp3) is 0.0556. The standard InChI is InChI=1S/C18H14Cl2N4O2/c1-10-2-3-11(8-13(10)17(21)25)22-18(26)16-6-7-24(23-16)12-4-5-14(19)15(20)9-12/h2-9H,1H3,(H2,21,25)(H,22,26). The Hall–Kier alpha value is -2.83. The fourth-order valence-electron chi connectivity index (χ4n) is 2.38. The van der Waals surface area contributed by atoms with Crippen LogP contribution in [-0.4, -0.2) is 21.6 Å². The number of primary amides is 1. The normalized spacial score (nSPS) is 10.6. The predicted molar refractivity (Wildman–Crippen MR) is 101 cm³/mol. The summed E-state index contributed by atoms with van der Waals surface area (Å²) in [6.07, 6.45) is 1.64. The molecule has 0 saturated heterocycles. The van der Waals surface area contributed by atoms with Crippen molar-refractivity contribution < 1.29 is 9.59 Å². The van der Waals surface area contributed by atoms with Crippen molar-refractivity contribution in [3.05, 3.63) is 75.5 Å². The first-order chi connectivity index (χ1) is 12.3. The van der Waals surface area contributed by atoms with Gasteiger partial charge in [-0.25, -0.2) is 4.68 Å². The van der Waals surface area contributed by atoms with Crippen molar-refractivity contribution in [3.63, 3.8) is 0 Å². The molecule has 0 atom stereocenters. The number of rotatable bonds is 4. The van der Waals surface area contributed by atoms with E-state index >= 15 is 0 Å². The molecule has 0 aliphatic carbocycles. The van der Waals surface area contributed by atoms with Gasteiger partial charge in [0.15, 0.2) is 5.69 Å². The Morgan fingerprint density at radius 2 is 1.85 bits per heavy atom. The van der Waals surface area contributed by atoms with Crippen LogP contribution >= 0.6 is 23.2 Å². The van der Waals surface area contributed by atoms with Gasteiger partial charge in [-0.3, -0.25) is 9.59 Å². The third-order valence-electron chi connectivity index (χ3n) is 3.75. The molecule has 3 N–H and O–H groups in total. The molecule has 0 unspecified atom stereocenters. The minimum atomic E-state index is -0.553. The monoisotopic (exact) mass is 388 g/mol. The third kappa shape index (κ3) is 3.71. The number of nitrogens with one attached hydrogen (secondary N) is 1. The highest BCUT2D eigenvalue weighted by atomic mass is 35.5. The average molecular weight is 389 g/mol. The van der Waals surface area contributed by atoms with Crippen molar-refractivity contribution in [2.75, 3.05) is 5.32 Å². The van der Waals surface area contributed by atoms with Crippen LogP contribution in [0.1, 0.15) is 26.4 Å². The van der Waals surface area contributed by atoms with Gasteiger partial charge in [-0.15, -0.1) is 0 Å². The number of carbonyl (C=O) groups is 2. The summed E-state index contributed by atoms with van der Waals surface area (Å²) < 4.78 is 1.51. The zero-order chi connectivity index (χ0) is 18.8. The number of carbonyl (C=O) groups excluding carboxylic acids is 2. The van der Waals surface area contributed by atoms with E-state index in [1.807, 2.05) is 0 Å². The maximum Gasteiger partial charge on any atom is 0.276 e. The molecular formula is C18H14Cl2N4O2. The molecule has 132 valence electrons. The number of hydrogen-bond donors (Lipinski definition) is 2. The number of hydrogen-bond acceptors (Lipinski definition) is 3. The second-order valence-corrected chi connectivity index (χ2v) is 6.41. The van der Waals surface area contributed by atoms with Gasteiger partial charge in [0.05, 0.1) is 15.7 Å². The first-order valence-electron chi connectivity index (χ1n) is 7.58. The molecule has 8 heteroatoms. The summed E-state index contributed by atoms with van der Waals surface area (Å²) in [5, 5.41) is 7.76. The van der Waals surface area contributed by atoms with E-state index in [0.29, 0.717) is 27.0 Å². The highest BCUT2D eigenvalue weighted by Gasteiger charge is 2.13. The molecule has 2 aromatic carbocycles. The first kappa shape index (κ1) is 18.0. The van der Waals surface area contributed by atoms with Gasteiger partial charge in [-0.2, -0.15) is 5.10 Å². The van der Waals surface area contributed by atoms with Crippen LogP contribution in [-0.2, 0) is 0 Å². The summed E-state index contributed by atoms with van der Waals surface area (Å²) in [6, 6.07) is 11.5. The van der Waals surface area contributed by atoms with Gasteiger partial charge in [0.2, 0.25) is 5.91 Å². The molecule has 1 heterocycles. The van der Waals surface area contributed by atoms with E-state index in [9.17, 15) is 9.59 Å². The maximum absolute atomic E-state index is 12.4. The van der Waals surface area contributed by atoms with Crippen molar-refractivity contribution in [1.82, 2.24) is 9.78 Å². The van der Waals surface area contributed by atoms with Gasteiger partial charge < -0.3 is 11.1 Å². The molecule has 0 radical (unpaired) electrons. The van der Waals surface area contributed by atoms with Gasteiger partial charge in [-0.05, 0) is 48.9 Å². The number of aryl methyl sites for hydroxylation is 1. The lowest BCUT2D eigenvalue weighted by Gasteiger charge is -2.07. The molecule has 0 saturated carbocycles. The third-order valence-corrected chi connectivity index (χ3v) is 4.49. The van der Waals surface area contributed by atoms with Gasteiger partial charge in [0.25, 0.3) is 5.91 Å². The summed E-state index contributed by atoms with van der Waals surface area (Å²) in [4.78, 5) is 23.8. The number of benzene rings is 2. The van der Waals surface area contributed by atoms with Crippen LogP contribution in [0.4, 0.5) is 5.69 Å². The molecule has 0 aliphatic rings. The van der Waals surface area contributed by atoms with Crippen LogP contribution in [0.25, 0.3) is 5.69 Å². The number of halogens is 2. The largest absolute Gasteiger partial charge is 0.366 e. The van der Waals surface area contributed by atoms with E-state index in [4.69, 9.17) is 28.9 Å². The van der Waals surface area contributed by atoms with Crippen molar-refractivity contribution in [1.29, 1.82) is 0 Å². The lowest BCUT2D eigenvalue weighted by atomic mass is 10.1. The van der Waals surface area contributed by atoms with Crippen LogP contribution < -0.4 is 11.1 Å². The molecule has 1 aromatic heterocycles. The van der Waals surface area contributed by atoms with E-state index in [1.165, 1.54) is 10.7 Å². The molecule has 6 nitrogen and oxygen atoms in total. The SMILES string of the molecule is Cc1ccc(NC(=O)c2ccn(-c3ccc(Cl)c(Cl)c3)n2)cc1C(N)=O. The van der Waals surface area contributed by atoms with Crippen molar-refractivity contribution in [2.45, 2.75) is 6.92 Å². The number of nitrogens with zero attached hydrogens (tertiary/aromatic N) is 2. The Morgan fingerprint density at radius 3 is 2.54 bits per heavy atom. The molecule has 0 fully saturated rings. The van der Waals surface area contributed by atoms with Crippen LogP contribution in [0.15, 0.2) is 48.7 Å². The molecular weight excluding hydrogens is 375 g/mol. The van der Waals surface area contributed by atoms with Crippen molar-refractivity contribution >= 4 is 40.7 Å². The summed E-state index contributed by atoms with van der Waals surface area (Å²) in [5.74, 6) is -0.967. The van der Waals surface area contributed by atoms with Gasteiger partial charge >= 0.3 is 0 Å². The first-order valence-corrected chi connectivity index (χ1v) is 8.33. The van der Waals surface area contributed by atoms with E-state index in [0.717, 1.165) is 5.56 Å². The summed E-state index contributed by atoms with van der Waals surface area (Å²) >= 11 is 11.9. The number of amides is 2. The van der Waals surface area contributed by atoms with E-state index in [1.54, 1.807) is 49.5 Å². The summed E-state index contributed by atoms with van der Waals surface area (Å²) in [5.41, 5.74) is 7.75. The summed E-state index contributed by atoms with van der Waals surface area (Å²) in [6.45, 7) is 1.77. The Bertz CT molecular complexity index is 1010. The smallest absolute Gasteiger partial charge is 0.276 e. The van der Waals surface area contributed by atoms with Crippen LogP contribution in [0.2, 0.25) is 10.0 Å². The number of nitrogens with two attached hydrogens (primary N) is 1. The quantitative estimate of drug-likeness (QED) is 0.711. The van der Waals surface area contributed by atoms with Crippen LogP contribution in [0.3, 0.4) is 0 Å². The number of aromatic nitrogens is 2. The lowest BCUT2D eigenvalue weighted by molar-refractivity contribution is 0.0995. The minimum absolute atomic E-state index is 0.206. The van der Waals surface area contributed by atoms with Gasteiger partial charge in [0, 0.05) is 17.4 Å². The van der Waals surface area contributed by atoms with Gasteiger partial charge in [-0.1, -0.05) is 29.3 Å². The van der Waals surface area contributed by atoms with Crippen molar-refractivity contribution in [3.8, 4) is 5.69 Å². The maximum atomic E-state index is 12.4. The molecule has 3 aromatic rings. The molecule has 0 spiro atoms. The highest BCUT2D eigenvalue weighted by Crippen LogP contribution is 2.24. The van der Waals surface area contributed by atoms with E-state index in [2.05, 4.69) is 10.4 Å². The van der Waals surface area contributed by atoms with E-state index in [-0.39, 0.29) is 5.69 Å². The Balaban J connectivity index is 1.81. The minimum Gasteiger partial charge on any atom is -0.366 e. The average Bonchev–Trinajstić information content (AvgIpc) is 3.09. The highest BCUT2D eigenvalue weighted by molar-refractivity contribution is 6.42.